The van der Waals surface area contributed by atoms with Gasteiger partial charge in [0, 0.05) is 13.2 Å². The van der Waals surface area contributed by atoms with Gasteiger partial charge in [-0.05, 0) is 39.0 Å². The highest BCUT2D eigenvalue weighted by atomic mass is 28.5. The van der Waals surface area contributed by atoms with Crippen LogP contribution in [0.5, 0.6) is 0 Å². The van der Waals surface area contributed by atoms with Crippen LogP contribution in [0.25, 0.3) is 0 Å². The standard InChI is InChI=1S/C21H48O3Si2/c1-7-9-11-13-15-17-19-21-23-26(5,6)24-25(3,4)22-20-18-16-14-12-10-8-2/h7-21H2,1-6H3. The van der Waals surface area contributed by atoms with Crippen molar-refractivity contribution in [1.82, 2.24) is 0 Å². The van der Waals surface area contributed by atoms with E-state index in [1.54, 1.807) is 0 Å². The minimum absolute atomic E-state index is 0.841. The maximum Gasteiger partial charge on any atom is 0.322 e. The van der Waals surface area contributed by atoms with Crippen LogP contribution in [0.1, 0.15) is 97.3 Å². The molecular formula is C21H48O3Si2. The van der Waals surface area contributed by atoms with Crippen LogP contribution in [0.2, 0.25) is 26.2 Å². The van der Waals surface area contributed by atoms with E-state index in [-0.39, 0.29) is 0 Å². The smallest absolute Gasteiger partial charge is 0.322 e. The fourth-order valence-corrected chi connectivity index (χ4v) is 9.71. The number of unbranched alkanes of at least 4 members (excludes halogenated alkanes) is 11. The van der Waals surface area contributed by atoms with Crippen molar-refractivity contribution in [2.24, 2.45) is 0 Å². The molecule has 26 heavy (non-hydrogen) atoms. The van der Waals surface area contributed by atoms with Crippen molar-refractivity contribution in [3.05, 3.63) is 0 Å². The predicted molar refractivity (Wildman–Crippen MR) is 119 cm³/mol. The summed E-state index contributed by atoms with van der Waals surface area (Å²) in [6.07, 6.45) is 17.0. The third-order valence-corrected chi connectivity index (χ3v) is 10.4. The average molecular weight is 405 g/mol. The fourth-order valence-electron chi connectivity index (χ4n) is 3.23. The van der Waals surface area contributed by atoms with Gasteiger partial charge in [-0.3, -0.25) is 0 Å². The Kier molecular flexibility index (Phi) is 16.5. The number of hydrogen-bond acceptors (Lipinski definition) is 3. The fraction of sp³-hybridized carbons (Fsp3) is 1.00. The highest BCUT2D eigenvalue weighted by Crippen LogP contribution is 2.18. The van der Waals surface area contributed by atoms with E-state index in [1.807, 2.05) is 0 Å². The molecule has 0 aliphatic carbocycles. The molecule has 0 heterocycles. The lowest BCUT2D eigenvalue weighted by atomic mass is 10.1. The summed E-state index contributed by atoms with van der Waals surface area (Å²) in [6.45, 7) is 14.9. The molecule has 0 radical (unpaired) electrons. The topological polar surface area (TPSA) is 27.7 Å². The molecule has 0 aromatic carbocycles. The first-order chi connectivity index (χ1) is 12.3. The largest absolute Gasteiger partial charge is 0.415 e. The van der Waals surface area contributed by atoms with Gasteiger partial charge in [0.1, 0.15) is 0 Å². The van der Waals surface area contributed by atoms with Crippen LogP contribution in [0.3, 0.4) is 0 Å². The monoisotopic (exact) mass is 404 g/mol. The molecule has 158 valence electrons. The predicted octanol–water partition coefficient (Wildman–Crippen LogP) is 7.55. The van der Waals surface area contributed by atoms with Gasteiger partial charge in [0.25, 0.3) is 0 Å². The Labute approximate surface area is 167 Å². The van der Waals surface area contributed by atoms with Crippen LogP contribution in [-0.4, -0.2) is 30.3 Å². The summed E-state index contributed by atoms with van der Waals surface area (Å²) >= 11 is 0. The van der Waals surface area contributed by atoms with Gasteiger partial charge >= 0.3 is 17.1 Å². The molecule has 3 nitrogen and oxygen atoms in total. The van der Waals surface area contributed by atoms with Crippen LogP contribution in [-0.2, 0) is 13.0 Å². The van der Waals surface area contributed by atoms with Crippen LogP contribution in [0.4, 0.5) is 0 Å². The van der Waals surface area contributed by atoms with Gasteiger partial charge in [-0.15, -0.1) is 0 Å². The van der Waals surface area contributed by atoms with E-state index in [9.17, 15) is 0 Å². The first-order valence-electron chi connectivity index (χ1n) is 11.3. The summed E-state index contributed by atoms with van der Waals surface area (Å²) in [5.41, 5.74) is 0. The molecule has 0 rings (SSSR count). The van der Waals surface area contributed by atoms with Crippen molar-refractivity contribution in [1.29, 1.82) is 0 Å². The third kappa shape index (κ3) is 17.7. The molecule has 5 heteroatoms. The Bertz CT molecular complexity index is 310. The summed E-state index contributed by atoms with van der Waals surface area (Å²) in [7, 11) is -4.14. The molecule has 0 saturated carbocycles. The zero-order valence-corrected chi connectivity index (χ0v) is 20.8. The Morgan fingerprint density at radius 2 is 0.769 bits per heavy atom. The molecule has 0 aliphatic heterocycles. The Morgan fingerprint density at radius 3 is 1.12 bits per heavy atom. The summed E-state index contributed by atoms with van der Waals surface area (Å²) in [6, 6.07) is 0. The minimum Gasteiger partial charge on any atom is -0.415 e. The first-order valence-corrected chi connectivity index (χ1v) is 16.9. The summed E-state index contributed by atoms with van der Waals surface area (Å²) in [5.74, 6) is 0. The molecule has 0 aromatic rings. The lowest BCUT2D eigenvalue weighted by molar-refractivity contribution is 0.190. The first kappa shape index (κ1) is 26.3. The highest BCUT2D eigenvalue weighted by molar-refractivity contribution is 6.78. The van der Waals surface area contributed by atoms with Crippen LogP contribution >= 0.6 is 0 Å². The second-order valence-corrected chi connectivity index (χ2v) is 15.5. The van der Waals surface area contributed by atoms with Crippen molar-refractivity contribution in [3.8, 4) is 0 Å². The van der Waals surface area contributed by atoms with Gasteiger partial charge in [-0.1, -0.05) is 84.5 Å². The molecule has 0 N–H and O–H groups in total. The summed E-state index contributed by atoms with van der Waals surface area (Å²) in [5, 5.41) is 0. The molecule has 0 bridgehead atoms. The quantitative estimate of drug-likeness (QED) is 0.164. The molecular weight excluding hydrogens is 356 g/mol. The maximum absolute atomic E-state index is 6.36. The highest BCUT2D eigenvalue weighted by Gasteiger charge is 2.36. The van der Waals surface area contributed by atoms with Crippen LogP contribution in [0.15, 0.2) is 0 Å². The molecule has 0 aromatic heterocycles. The molecule has 0 fully saturated rings. The maximum atomic E-state index is 6.36. The SMILES string of the molecule is CCCCCCCCCO[Si](C)(C)O[Si](C)(C)OCCCCCCCC. The Hall–Kier alpha value is 0.314. The molecule has 0 unspecified atom stereocenters. The van der Waals surface area contributed by atoms with E-state index < -0.39 is 17.1 Å². The lowest BCUT2D eigenvalue weighted by Gasteiger charge is -2.32. The average Bonchev–Trinajstić information content (AvgIpc) is 2.55. The van der Waals surface area contributed by atoms with Crippen molar-refractivity contribution < 1.29 is 13.0 Å². The van der Waals surface area contributed by atoms with Crippen LogP contribution in [0, 0.1) is 0 Å². The van der Waals surface area contributed by atoms with Gasteiger partial charge in [0.2, 0.25) is 0 Å². The van der Waals surface area contributed by atoms with Gasteiger partial charge in [0.15, 0.2) is 0 Å². The molecule has 0 amide bonds. The Morgan fingerprint density at radius 1 is 0.462 bits per heavy atom. The second kappa shape index (κ2) is 16.3. The van der Waals surface area contributed by atoms with E-state index in [4.69, 9.17) is 13.0 Å². The molecule has 0 saturated heterocycles. The van der Waals surface area contributed by atoms with E-state index in [1.165, 1.54) is 70.6 Å². The summed E-state index contributed by atoms with van der Waals surface area (Å²) in [4.78, 5) is 0. The zero-order chi connectivity index (χ0) is 19.7. The van der Waals surface area contributed by atoms with Crippen molar-refractivity contribution in [3.63, 3.8) is 0 Å². The molecule has 0 atom stereocenters. The van der Waals surface area contributed by atoms with Gasteiger partial charge in [-0.2, -0.15) is 0 Å². The van der Waals surface area contributed by atoms with Gasteiger partial charge in [0.05, 0.1) is 0 Å². The second-order valence-electron chi connectivity index (χ2n) is 8.49. The van der Waals surface area contributed by atoms with E-state index in [2.05, 4.69) is 40.0 Å². The normalized spacial score (nSPS) is 12.7. The van der Waals surface area contributed by atoms with Gasteiger partial charge < -0.3 is 13.0 Å². The number of rotatable bonds is 19. The zero-order valence-electron chi connectivity index (χ0n) is 18.8. The van der Waals surface area contributed by atoms with Crippen molar-refractivity contribution in [2.45, 2.75) is 124 Å². The van der Waals surface area contributed by atoms with E-state index in [0.717, 1.165) is 26.1 Å². The summed E-state index contributed by atoms with van der Waals surface area (Å²) < 4.78 is 18.6. The molecule has 0 spiro atoms. The van der Waals surface area contributed by atoms with E-state index in [0.29, 0.717) is 0 Å². The molecule has 0 aliphatic rings. The van der Waals surface area contributed by atoms with Crippen LogP contribution < -0.4 is 0 Å². The lowest BCUT2D eigenvalue weighted by Crippen LogP contribution is -2.48. The third-order valence-electron chi connectivity index (χ3n) is 4.64. The van der Waals surface area contributed by atoms with Gasteiger partial charge in [-0.25, -0.2) is 0 Å². The minimum atomic E-state index is -2.07. The van der Waals surface area contributed by atoms with E-state index >= 15 is 0 Å². The Balaban J connectivity index is 3.74. The number of hydrogen-bond donors (Lipinski definition) is 0. The van der Waals surface area contributed by atoms with Crippen molar-refractivity contribution >= 4 is 17.1 Å². The van der Waals surface area contributed by atoms with Crippen molar-refractivity contribution in [2.75, 3.05) is 13.2 Å².